The van der Waals surface area contributed by atoms with Crippen LogP contribution >= 0.6 is 12.2 Å². The Morgan fingerprint density at radius 2 is 1.85 bits per heavy atom. The topological polar surface area (TPSA) is 73.9 Å². The summed E-state index contributed by atoms with van der Waals surface area (Å²) in [5.41, 5.74) is 1.73. The molecule has 0 bridgehead atoms. The molecule has 0 aliphatic carbocycles. The zero-order chi connectivity index (χ0) is 19.3. The summed E-state index contributed by atoms with van der Waals surface area (Å²) in [7, 11) is -3.55. The van der Waals surface area contributed by atoms with E-state index in [4.69, 9.17) is 17.0 Å². The summed E-state index contributed by atoms with van der Waals surface area (Å²) >= 11 is 5.34. The second kappa shape index (κ2) is 9.18. The Morgan fingerprint density at radius 1 is 1.15 bits per heavy atom. The molecule has 0 saturated carbocycles. The molecule has 0 aromatic heterocycles. The van der Waals surface area contributed by atoms with E-state index >= 15 is 0 Å². The Kier molecular flexibility index (Phi) is 6.91. The van der Waals surface area contributed by atoms with Gasteiger partial charge in [0.1, 0.15) is 0 Å². The van der Waals surface area contributed by atoms with E-state index in [-0.39, 0.29) is 4.90 Å². The molecule has 0 spiro atoms. The van der Waals surface area contributed by atoms with Gasteiger partial charge < -0.3 is 20.3 Å². The molecule has 2 saturated heterocycles. The van der Waals surface area contributed by atoms with Crippen LogP contribution in [0.25, 0.3) is 0 Å². The van der Waals surface area contributed by atoms with Gasteiger partial charge >= 0.3 is 0 Å². The molecule has 0 radical (unpaired) electrons. The van der Waals surface area contributed by atoms with Crippen molar-refractivity contribution >= 4 is 38.7 Å². The summed E-state index contributed by atoms with van der Waals surface area (Å²) in [6, 6.07) is 5.31. The largest absolute Gasteiger partial charge is 0.379 e. The number of rotatable bonds is 5. The van der Waals surface area contributed by atoms with Crippen molar-refractivity contribution in [1.82, 2.24) is 9.62 Å². The number of nitrogens with one attached hydrogen (secondary N) is 2. The quantitative estimate of drug-likeness (QED) is 0.717. The Balaban J connectivity index is 1.92. The van der Waals surface area contributed by atoms with Crippen molar-refractivity contribution in [3.8, 4) is 0 Å². The van der Waals surface area contributed by atoms with E-state index in [9.17, 15) is 8.42 Å². The van der Waals surface area contributed by atoms with E-state index < -0.39 is 10.0 Å². The monoisotopic (exact) mass is 412 g/mol. The van der Waals surface area contributed by atoms with E-state index in [2.05, 4.69) is 15.5 Å². The minimum atomic E-state index is -3.55. The lowest BCUT2D eigenvalue weighted by Gasteiger charge is -2.31. The van der Waals surface area contributed by atoms with E-state index in [0.717, 1.165) is 37.3 Å². The first-order valence-corrected chi connectivity index (χ1v) is 11.4. The van der Waals surface area contributed by atoms with Gasteiger partial charge in [0.05, 0.1) is 29.5 Å². The van der Waals surface area contributed by atoms with Crippen molar-refractivity contribution in [2.24, 2.45) is 0 Å². The molecule has 2 aliphatic rings. The number of sulfonamides is 1. The van der Waals surface area contributed by atoms with Crippen LogP contribution in [0.2, 0.25) is 0 Å². The lowest BCUT2D eigenvalue weighted by Crippen LogP contribution is -2.40. The highest BCUT2D eigenvalue weighted by molar-refractivity contribution is 7.89. The van der Waals surface area contributed by atoms with Crippen LogP contribution in [0, 0.1) is 0 Å². The fourth-order valence-electron chi connectivity index (χ4n) is 3.45. The number of hydrogen-bond acceptors (Lipinski definition) is 5. The Hall–Kier alpha value is -1.42. The number of thiocarbonyl (C=S) groups is 1. The molecule has 150 valence electrons. The lowest BCUT2D eigenvalue weighted by molar-refractivity contribution is 0.0730. The highest BCUT2D eigenvalue weighted by Crippen LogP contribution is 2.32. The Bertz CT molecular complexity index is 758. The van der Waals surface area contributed by atoms with Crippen LogP contribution in [0.15, 0.2) is 23.1 Å². The highest BCUT2D eigenvalue weighted by atomic mass is 32.2. The van der Waals surface area contributed by atoms with Crippen LogP contribution in [0.4, 0.5) is 11.4 Å². The molecular formula is C18H28N4O3S2. The summed E-state index contributed by atoms with van der Waals surface area (Å²) in [6.07, 6.45) is 3.52. The number of ether oxygens (including phenoxy) is 1. The van der Waals surface area contributed by atoms with Crippen LogP contribution in [0.1, 0.15) is 26.2 Å². The normalized spacial score (nSPS) is 18.9. The molecule has 2 N–H and O–H groups in total. The number of anilines is 2. The molecular weight excluding hydrogens is 384 g/mol. The molecule has 0 amide bonds. The standard InChI is InChI=1S/C18H28N4O3S2/c1-2-19-18(26)20-16-14-15(27(23,24)22-10-12-25-13-11-22)6-7-17(16)21-8-4-3-5-9-21/h6-7,14H,2-5,8-13H2,1H3,(H2,19,20,26). The van der Waals surface area contributed by atoms with Crippen molar-refractivity contribution in [1.29, 1.82) is 0 Å². The summed E-state index contributed by atoms with van der Waals surface area (Å²) in [6.45, 7) is 6.25. The van der Waals surface area contributed by atoms with Crippen molar-refractivity contribution in [3.05, 3.63) is 18.2 Å². The third-order valence-electron chi connectivity index (χ3n) is 4.86. The summed E-state index contributed by atoms with van der Waals surface area (Å²) < 4.78 is 32.8. The molecule has 27 heavy (non-hydrogen) atoms. The molecule has 0 unspecified atom stereocenters. The number of nitrogens with zero attached hydrogens (tertiary/aromatic N) is 2. The summed E-state index contributed by atoms with van der Waals surface area (Å²) in [4.78, 5) is 2.58. The Labute approximate surface area is 167 Å². The van der Waals surface area contributed by atoms with Crippen LogP contribution in [0.3, 0.4) is 0 Å². The van der Waals surface area contributed by atoms with Gasteiger partial charge in [-0.3, -0.25) is 0 Å². The van der Waals surface area contributed by atoms with Crippen molar-refractivity contribution in [3.63, 3.8) is 0 Å². The van der Waals surface area contributed by atoms with Gasteiger partial charge in [0.15, 0.2) is 5.11 Å². The zero-order valence-electron chi connectivity index (χ0n) is 15.7. The highest BCUT2D eigenvalue weighted by Gasteiger charge is 2.27. The van der Waals surface area contributed by atoms with Gasteiger partial charge in [-0.1, -0.05) is 0 Å². The number of morpholine rings is 1. The molecule has 9 heteroatoms. The van der Waals surface area contributed by atoms with Gasteiger partial charge in [-0.15, -0.1) is 0 Å². The van der Waals surface area contributed by atoms with Gasteiger partial charge in [0.2, 0.25) is 10.0 Å². The SMILES string of the molecule is CCNC(=S)Nc1cc(S(=O)(=O)N2CCOCC2)ccc1N1CCCCC1. The Morgan fingerprint density at radius 3 is 2.52 bits per heavy atom. The predicted molar refractivity (Wildman–Crippen MR) is 112 cm³/mol. The second-order valence-corrected chi connectivity index (χ2v) is 9.07. The van der Waals surface area contributed by atoms with Gasteiger partial charge in [0.25, 0.3) is 0 Å². The average molecular weight is 413 g/mol. The first kappa shape index (κ1) is 20.3. The van der Waals surface area contributed by atoms with Gasteiger partial charge in [-0.05, 0) is 56.6 Å². The smallest absolute Gasteiger partial charge is 0.243 e. The van der Waals surface area contributed by atoms with Crippen LogP contribution in [-0.2, 0) is 14.8 Å². The molecule has 1 aromatic carbocycles. The molecule has 2 heterocycles. The molecule has 7 nitrogen and oxygen atoms in total. The second-order valence-electron chi connectivity index (χ2n) is 6.73. The van der Waals surface area contributed by atoms with Crippen LogP contribution in [0.5, 0.6) is 0 Å². The fourth-order valence-corrected chi connectivity index (χ4v) is 5.14. The first-order chi connectivity index (χ1) is 13.0. The van der Waals surface area contributed by atoms with E-state index in [0.29, 0.717) is 38.0 Å². The number of benzene rings is 1. The van der Waals surface area contributed by atoms with Crippen LogP contribution in [-0.4, -0.2) is 63.8 Å². The van der Waals surface area contributed by atoms with Crippen molar-refractivity contribution in [2.45, 2.75) is 31.1 Å². The maximum Gasteiger partial charge on any atom is 0.243 e. The molecule has 2 fully saturated rings. The maximum atomic E-state index is 13.0. The average Bonchev–Trinajstić information content (AvgIpc) is 2.69. The molecule has 0 atom stereocenters. The van der Waals surface area contributed by atoms with E-state index in [1.54, 1.807) is 12.1 Å². The number of hydrogen-bond donors (Lipinski definition) is 2. The van der Waals surface area contributed by atoms with Gasteiger partial charge in [-0.25, -0.2) is 8.42 Å². The predicted octanol–water partition coefficient (Wildman–Crippen LogP) is 2.00. The molecule has 1 aromatic rings. The van der Waals surface area contributed by atoms with E-state index in [1.807, 2.05) is 13.0 Å². The third-order valence-corrected chi connectivity index (χ3v) is 7.00. The first-order valence-electron chi connectivity index (χ1n) is 9.54. The fraction of sp³-hybridized carbons (Fsp3) is 0.611. The minimum absolute atomic E-state index is 0.284. The van der Waals surface area contributed by atoms with E-state index in [1.165, 1.54) is 10.7 Å². The molecule has 3 rings (SSSR count). The zero-order valence-corrected chi connectivity index (χ0v) is 17.4. The maximum absolute atomic E-state index is 13.0. The number of piperidine rings is 1. The lowest BCUT2D eigenvalue weighted by atomic mass is 10.1. The molecule has 2 aliphatic heterocycles. The van der Waals surface area contributed by atoms with Crippen LogP contribution < -0.4 is 15.5 Å². The van der Waals surface area contributed by atoms with Crippen molar-refractivity contribution < 1.29 is 13.2 Å². The summed E-state index contributed by atoms with van der Waals surface area (Å²) in [5.74, 6) is 0. The minimum Gasteiger partial charge on any atom is -0.379 e. The van der Waals surface area contributed by atoms with Crippen molar-refractivity contribution in [2.75, 3.05) is 56.2 Å². The van der Waals surface area contributed by atoms with Gasteiger partial charge in [0, 0.05) is 32.7 Å². The van der Waals surface area contributed by atoms with Gasteiger partial charge in [-0.2, -0.15) is 4.31 Å². The third kappa shape index (κ3) is 4.90. The summed E-state index contributed by atoms with van der Waals surface area (Å²) in [5, 5.41) is 6.76.